The van der Waals surface area contributed by atoms with Gasteiger partial charge in [0.2, 0.25) is 0 Å². The second-order valence-electron chi connectivity index (χ2n) is 5.45. The number of aryl methyl sites for hydroxylation is 2. The molecule has 102 valence electrons. The third-order valence-corrected chi connectivity index (χ3v) is 5.18. The summed E-state index contributed by atoms with van der Waals surface area (Å²) in [5.41, 5.74) is 2.40. The summed E-state index contributed by atoms with van der Waals surface area (Å²) in [5, 5.41) is 4.47. The maximum absolute atomic E-state index is 4.47. The quantitative estimate of drug-likeness (QED) is 0.851. The zero-order chi connectivity index (χ0) is 13.1. The molecule has 0 bridgehead atoms. The normalized spacial score (nSPS) is 22.1. The summed E-state index contributed by atoms with van der Waals surface area (Å²) in [4.78, 5) is 2.58. The summed E-state index contributed by atoms with van der Waals surface area (Å²) in [6, 6.07) is 0. The molecule has 1 fully saturated rings. The fourth-order valence-electron chi connectivity index (χ4n) is 2.85. The fraction of sp³-hybridized carbons (Fsp3) is 0.786. The summed E-state index contributed by atoms with van der Waals surface area (Å²) >= 11 is 3.66. The van der Waals surface area contributed by atoms with Crippen LogP contribution >= 0.6 is 15.9 Å². The summed E-state index contributed by atoms with van der Waals surface area (Å²) in [6.45, 7) is 7.86. The van der Waals surface area contributed by atoms with Gasteiger partial charge in [-0.25, -0.2) is 0 Å². The van der Waals surface area contributed by atoms with Crippen LogP contribution in [0.15, 0.2) is 4.47 Å². The molecular formula is C14H24BrN3. The lowest BCUT2D eigenvalue weighted by atomic mass is 9.98. The van der Waals surface area contributed by atoms with Gasteiger partial charge in [-0.3, -0.25) is 9.58 Å². The van der Waals surface area contributed by atoms with Crippen LogP contribution in [0.25, 0.3) is 0 Å². The highest BCUT2D eigenvalue weighted by Gasteiger charge is 2.18. The molecule has 18 heavy (non-hydrogen) atoms. The van der Waals surface area contributed by atoms with E-state index in [-0.39, 0.29) is 0 Å². The molecule has 2 heterocycles. The first-order chi connectivity index (χ1) is 8.61. The standard InChI is InChI=1S/C14H24BrN3/c1-4-12-6-5-8-18(9-7-12)10-13-14(15)11(2)16-17(13)3/h12H,4-10H2,1-3H3. The lowest BCUT2D eigenvalue weighted by Crippen LogP contribution is -2.25. The number of aromatic nitrogens is 2. The summed E-state index contributed by atoms with van der Waals surface area (Å²) < 4.78 is 3.20. The smallest absolute Gasteiger partial charge is 0.0739 e. The van der Waals surface area contributed by atoms with E-state index in [1.54, 1.807) is 0 Å². The Hall–Kier alpha value is -0.350. The second-order valence-corrected chi connectivity index (χ2v) is 6.24. The van der Waals surface area contributed by atoms with E-state index >= 15 is 0 Å². The van der Waals surface area contributed by atoms with Crippen molar-refractivity contribution in [2.24, 2.45) is 13.0 Å². The van der Waals surface area contributed by atoms with E-state index in [0.29, 0.717) is 0 Å². The molecule has 3 nitrogen and oxygen atoms in total. The van der Waals surface area contributed by atoms with E-state index in [2.05, 4.69) is 39.8 Å². The average Bonchev–Trinajstić information content (AvgIpc) is 2.57. The maximum Gasteiger partial charge on any atom is 0.0739 e. The van der Waals surface area contributed by atoms with E-state index in [1.807, 2.05) is 11.7 Å². The minimum Gasteiger partial charge on any atom is -0.297 e. The van der Waals surface area contributed by atoms with E-state index in [0.717, 1.165) is 18.2 Å². The first kappa shape index (κ1) is 14.1. The Labute approximate surface area is 119 Å². The van der Waals surface area contributed by atoms with Crippen LogP contribution in [0.3, 0.4) is 0 Å². The molecule has 2 rings (SSSR count). The molecule has 1 aromatic heterocycles. The Kier molecular flexibility index (Phi) is 4.84. The minimum atomic E-state index is 0.937. The molecule has 0 aliphatic carbocycles. The van der Waals surface area contributed by atoms with Crippen LogP contribution in [-0.2, 0) is 13.6 Å². The largest absolute Gasteiger partial charge is 0.297 e. The Morgan fingerprint density at radius 3 is 2.72 bits per heavy atom. The number of rotatable bonds is 3. The predicted octanol–water partition coefficient (Wildman–Crippen LogP) is 3.50. The molecule has 0 spiro atoms. The third-order valence-electron chi connectivity index (χ3n) is 4.15. The van der Waals surface area contributed by atoms with Gasteiger partial charge < -0.3 is 0 Å². The molecule has 1 aromatic rings. The van der Waals surface area contributed by atoms with Crippen molar-refractivity contribution in [3.63, 3.8) is 0 Å². The molecule has 0 N–H and O–H groups in total. The molecule has 0 amide bonds. The SMILES string of the molecule is CCC1CCCN(Cc2c(Br)c(C)nn2C)CC1. The molecule has 1 atom stereocenters. The van der Waals surface area contributed by atoms with Gasteiger partial charge in [-0.05, 0) is 61.1 Å². The van der Waals surface area contributed by atoms with Crippen LogP contribution in [0, 0.1) is 12.8 Å². The van der Waals surface area contributed by atoms with Crippen molar-refractivity contribution < 1.29 is 0 Å². The minimum absolute atomic E-state index is 0.937. The lowest BCUT2D eigenvalue weighted by Gasteiger charge is -2.20. The van der Waals surface area contributed by atoms with Crippen molar-refractivity contribution in [2.75, 3.05) is 13.1 Å². The lowest BCUT2D eigenvalue weighted by molar-refractivity contribution is 0.264. The Bertz CT molecular complexity index is 400. The van der Waals surface area contributed by atoms with Crippen molar-refractivity contribution in [3.8, 4) is 0 Å². The van der Waals surface area contributed by atoms with Crippen molar-refractivity contribution in [1.29, 1.82) is 0 Å². The first-order valence-corrected chi connectivity index (χ1v) is 7.81. The third kappa shape index (κ3) is 3.15. The van der Waals surface area contributed by atoms with Crippen LogP contribution < -0.4 is 0 Å². The molecule has 0 aromatic carbocycles. The van der Waals surface area contributed by atoms with Crippen LogP contribution in [0.4, 0.5) is 0 Å². The summed E-state index contributed by atoms with van der Waals surface area (Å²) in [5.74, 6) is 0.937. The number of likely N-dealkylation sites (tertiary alicyclic amines) is 1. The van der Waals surface area contributed by atoms with Gasteiger partial charge in [-0.1, -0.05) is 13.3 Å². The number of hydrogen-bond donors (Lipinski definition) is 0. The Balaban J connectivity index is 2.01. The van der Waals surface area contributed by atoms with Crippen LogP contribution in [0.1, 0.15) is 44.0 Å². The van der Waals surface area contributed by atoms with Gasteiger partial charge in [-0.15, -0.1) is 0 Å². The van der Waals surface area contributed by atoms with E-state index in [1.165, 1.54) is 48.9 Å². The van der Waals surface area contributed by atoms with Crippen LogP contribution in [-0.4, -0.2) is 27.8 Å². The van der Waals surface area contributed by atoms with Gasteiger partial charge in [0.05, 0.1) is 15.9 Å². The van der Waals surface area contributed by atoms with E-state index < -0.39 is 0 Å². The van der Waals surface area contributed by atoms with Crippen molar-refractivity contribution in [1.82, 2.24) is 14.7 Å². The van der Waals surface area contributed by atoms with Gasteiger partial charge in [0.15, 0.2) is 0 Å². The molecule has 1 unspecified atom stereocenters. The molecular weight excluding hydrogens is 290 g/mol. The number of halogens is 1. The van der Waals surface area contributed by atoms with Crippen molar-refractivity contribution in [3.05, 3.63) is 15.9 Å². The highest BCUT2D eigenvalue weighted by Crippen LogP contribution is 2.25. The van der Waals surface area contributed by atoms with Crippen molar-refractivity contribution in [2.45, 2.75) is 46.1 Å². The highest BCUT2D eigenvalue weighted by atomic mass is 79.9. The summed E-state index contributed by atoms with van der Waals surface area (Å²) in [7, 11) is 2.04. The van der Waals surface area contributed by atoms with E-state index in [4.69, 9.17) is 0 Å². The van der Waals surface area contributed by atoms with Gasteiger partial charge in [0.1, 0.15) is 0 Å². The van der Waals surface area contributed by atoms with Crippen LogP contribution in [0.2, 0.25) is 0 Å². The molecule has 0 saturated carbocycles. The maximum atomic E-state index is 4.47. The van der Waals surface area contributed by atoms with Gasteiger partial charge in [0.25, 0.3) is 0 Å². The molecule has 0 radical (unpaired) electrons. The summed E-state index contributed by atoms with van der Waals surface area (Å²) in [6.07, 6.45) is 5.43. The molecule has 1 saturated heterocycles. The monoisotopic (exact) mass is 313 g/mol. The highest BCUT2D eigenvalue weighted by molar-refractivity contribution is 9.10. The van der Waals surface area contributed by atoms with Gasteiger partial charge >= 0.3 is 0 Å². The second kappa shape index (κ2) is 6.20. The van der Waals surface area contributed by atoms with Gasteiger partial charge in [0, 0.05) is 13.6 Å². The van der Waals surface area contributed by atoms with Crippen molar-refractivity contribution >= 4 is 15.9 Å². The zero-order valence-corrected chi connectivity index (χ0v) is 13.3. The predicted molar refractivity (Wildman–Crippen MR) is 78.6 cm³/mol. The topological polar surface area (TPSA) is 21.1 Å². The molecule has 1 aliphatic heterocycles. The molecule has 1 aliphatic rings. The van der Waals surface area contributed by atoms with Gasteiger partial charge in [-0.2, -0.15) is 5.10 Å². The average molecular weight is 314 g/mol. The Morgan fingerprint density at radius 2 is 2.11 bits per heavy atom. The zero-order valence-electron chi connectivity index (χ0n) is 11.7. The first-order valence-electron chi connectivity index (χ1n) is 7.02. The van der Waals surface area contributed by atoms with Crippen LogP contribution in [0.5, 0.6) is 0 Å². The Morgan fingerprint density at radius 1 is 1.33 bits per heavy atom. The van der Waals surface area contributed by atoms with E-state index in [9.17, 15) is 0 Å². The molecule has 4 heteroatoms. The fourth-order valence-corrected chi connectivity index (χ4v) is 3.32. The number of nitrogens with zero attached hydrogens (tertiary/aromatic N) is 3. The number of hydrogen-bond acceptors (Lipinski definition) is 2.